The van der Waals surface area contributed by atoms with E-state index in [4.69, 9.17) is 11.6 Å². The molecular formula is C21H28ClF3N4. The number of benzene rings is 1. The van der Waals surface area contributed by atoms with E-state index in [1.165, 1.54) is 12.1 Å². The van der Waals surface area contributed by atoms with Gasteiger partial charge < -0.3 is 5.32 Å². The molecule has 0 saturated carbocycles. The van der Waals surface area contributed by atoms with Crippen LogP contribution in [-0.2, 0) is 12.7 Å². The molecule has 160 valence electrons. The quantitative estimate of drug-likeness (QED) is 0.478. The maximum absolute atomic E-state index is 13.1. The molecular weight excluding hydrogens is 401 g/mol. The highest BCUT2D eigenvalue weighted by molar-refractivity contribution is 6.29. The number of hydrogen-bond acceptors (Lipinski definition) is 3. The normalized spacial score (nSPS) is 10.9. The smallest absolute Gasteiger partial charge is 0.378 e. The Bertz CT molecular complexity index is 905. The number of aromatic nitrogens is 3. The third kappa shape index (κ3) is 6.10. The molecule has 0 radical (unpaired) electrons. The average Bonchev–Trinajstić information content (AvgIpc) is 3.13. The minimum absolute atomic E-state index is 0.00441. The van der Waals surface area contributed by atoms with E-state index >= 15 is 0 Å². The Balaban J connectivity index is 0.000000989. The van der Waals surface area contributed by atoms with Gasteiger partial charge in [0, 0.05) is 12.6 Å². The lowest BCUT2D eigenvalue weighted by atomic mass is 10.1. The van der Waals surface area contributed by atoms with Gasteiger partial charge >= 0.3 is 6.18 Å². The van der Waals surface area contributed by atoms with E-state index in [1.54, 1.807) is 22.8 Å². The van der Waals surface area contributed by atoms with Crippen molar-refractivity contribution in [3.63, 3.8) is 0 Å². The highest BCUT2D eigenvalue weighted by Gasteiger charge is 2.32. The van der Waals surface area contributed by atoms with Gasteiger partial charge in [-0.25, -0.2) is 9.50 Å². The Kier molecular flexibility index (Phi) is 9.43. The molecule has 1 aromatic carbocycles. The Hall–Kier alpha value is -2.28. The Morgan fingerprint density at radius 3 is 2.31 bits per heavy atom. The van der Waals surface area contributed by atoms with Gasteiger partial charge in [0.05, 0.1) is 23.1 Å². The zero-order valence-electron chi connectivity index (χ0n) is 17.6. The van der Waals surface area contributed by atoms with Crippen molar-refractivity contribution in [2.75, 3.05) is 5.32 Å². The van der Waals surface area contributed by atoms with Crippen LogP contribution >= 0.6 is 11.6 Å². The molecule has 29 heavy (non-hydrogen) atoms. The lowest BCUT2D eigenvalue weighted by molar-refractivity contribution is -0.138. The zero-order valence-corrected chi connectivity index (χ0v) is 18.4. The third-order valence-electron chi connectivity index (χ3n) is 3.85. The average molecular weight is 429 g/mol. The first-order valence-corrected chi connectivity index (χ1v) is 10.1. The summed E-state index contributed by atoms with van der Waals surface area (Å²) >= 11 is 6.06. The first-order valence-electron chi connectivity index (χ1n) is 9.70. The molecule has 4 nitrogen and oxygen atoms in total. The van der Waals surface area contributed by atoms with Crippen LogP contribution in [0.2, 0.25) is 5.15 Å². The summed E-state index contributed by atoms with van der Waals surface area (Å²) in [6, 6.07) is 7.02. The van der Waals surface area contributed by atoms with E-state index in [2.05, 4.69) is 15.4 Å². The van der Waals surface area contributed by atoms with Crippen LogP contribution in [0, 0.1) is 0 Å². The number of fused-ring (bicyclic) bond motifs is 1. The van der Waals surface area contributed by atoms with E-state index < -0.39 is 11.7 Å². The molecule has 0 bridgehead atoms. The summed E-state index contributed by atoms with van der Waals surface area (Å²) in [4.78, 5) is 4.32. The first kappa shape index (κ1) is 24.8. The van der Waals surface area contributed by atoms with Crippen molar-refractivity contribution >= 4 is 22.9 Å². The Morgan fingerprint density at radius 1 is 1.10 bits per heavy atom. The minimum atomic E-state index is -4.40. The standard InChI is InChI=1S/C17H16ClF3N4.2C2H6/c1-10(2)14-9-23-16-13(7-15(18)24-25(14)16)22-8-11-5-3-4-6-12(11)17(19,20)21;2*1-2/h3-7,9-10,22H,8H2,1-2H3;2*1-2H3. The van der Waals surface area contributed by atoms with Crippen LogP contribution in [0.25, 0.3) is 5.65 Å². The van der Waals surface area contributed by atoms with Crippen LogP contribution < -0.4 is 5.32 Å². The lowest BCUT2D eigenvalue weighted by Gasteiger charge is -2.14. The first-order chi connectivity index (χ1) is 13.8. The number of hydrogen-bond donors (Lipinski definition) is 1. The number of alkyl halides is 3. The summed E-state index contributed by atoms with van der Waals surface area (Å²) < 4.78 is 40.9. The van der Waals surface area contributed by atoms with Gasteiger partial charge in [-0.1, -0.05) is 71.3 Å². The van der Waals surface area contributed by atoms with Crippen LogP contribution in [0.15, 0.2) is 36.5 Å². The van der Waals surface area contributed by atoms with Crippen molar-refractivity contribution < 1.29 is 13.2 Å². The number of nitrogens with one attached hydrogen (secondary N) is 1. The molecule has 0 saturated heterocycles. The highest BCUT2D eigenvalue weighted by atomic mass is 35.5. The molecule has 0 unspecified atom stereocenters. The molecule has 8 heteroatoms. The summed E-state index contributed by atoms with van der Waals surface area (Å²) in [6.45, 7) is 12.0. The molecule has 0 aliphatic carbocycles. The largest absolute Gasteiger partial charge is 0.416 e. The van der Waals surface area contributed by atoms with Gasteiger partial charge in [0.25, 0.3) is 0 Å². The molecule has 0 spiro atoms. The van der Waals surface area contributed by atoms with Crippen LogP contribution in [-0.4, -0.2) is 14.6 Å². The molecule has 0 atom stereocenters. The summed E-state index contributed by atoms with van der Waals surface area (Å²) in [5, 5.41) is 7.47. The Labute approximate surface area is 175 Å². The molecule has 0 aliphatic heterocycles. The van der Waals surface area contributed by atoms with Crippen molar-refractivity contribution in [1.29, 1.82) is 0 Å². The fourth-order valence-corrected chi connectivity index (χ4v) is 2.81. The van der Waals surface area contributed by atoms with E-state index in [9.17, 15) is 13.2 Å². The van der Waals surface area contributed by atoms with Gasteiger partial charge in [-0.15, -0.1) is 0 Å². The van der Waals surface area contributed by atoms with E-state index in [-0.39, 0.29) is 23.2 Å². The van der Waals surface area contributed by atoms with Gasteiger partial charge in [0.1, 0.15) is 0 Å². The molecule has 2 heterocycles. The second kappa shape index (κ2) is 11.0. The van der Waals surface area contributed by atoms with Crippen molar-refractivity contribution in [2.24, 2.45) is 0 Å². The molecule has 3 aromatic rings. The predicted molar refractivity (Wildman–Crippen MR) is 114 cm³/mol. The summed E-state index contributed by atoms with van der Waals surface area (Å²) in [5.74, 6) is 0.180. The van der Waals surface area contributed by atoms with Crippen LogP contribution in [0.4, 0.5) is 18.9 Å². The number of nitrogens with zero attached hydrogens (tertiary/aromatic N) is 3. The maximum atomic E-state index is 13.1. The highest BCUT2D eigenvalue weighted by Crippen LogP contribution is 2.32. The third-order valence-corrected chi connectivity index (χ3v) is 4.03. The van der Waals surface area contributed by atoms with Crippen LogP contribution in [0.3, 0.4) is 0 Å². The van der Waals surface area contributed by atoms with Crippen molar-refractivity contribution in [3.05, 3.63) is 58.5 Å². The van der Waals surface area contributed by atoms with Crippen LogP contribution in [0.5, 0.6) is 0 Å². The van der Waals surface area contributed by atoms with Gasteiger partial charge in [0.15, 0.2) is 10.8 Å². The number of rotatable bonds is 4. The van der Waals surface area contributed by atoms with Crippen molar-refractivity contribution in [3.8, 4) is 0 Å². The maximum Gasteiger partial charge on any atom is 0.416 e. The molecule has 2 aromatic heterocycles. The summed E-state index contributed by atoms with van der Waals surface area (Å²) in [6.07, 6.45) is -2.71. The summed E-state index contributed by atoms with van der Waals surface area (Å²) in [5.41, 5.74) is 1.42. The van der Waals surface area contributed by atoms with Crippen LogP contribution in [0.1, 0.15) is 64.3 Å². The van der Waals surface area contributed by atoms with Gasteiger partial charge in [-0.3, -0.25) is 0 Å². The van der Waals surface area contributed by atoms with Gasteiger partial charge in [-0.05, 0) is 17.5 Å². The second-order valence-corrected chi connectivity index (χ2v) is 6.35. The minimum Gasteiger partial charge on any atom is -0.378 e. The predicted octanol–water partition coefficient (Wildman–Crippen LogP) is 7.19. The van der Waals surface area contributed by atoms with Gasteiger partial charge in [0.2, 0.25) is 0 Å². The lowest BCUT2D eigenvalue weighted by Crippen LogP contribution is -2.12. The fourth-order valence-electron chi connectivity index (χ4n) is 2.62. The van der Waals surface area contributed by atoms with E-state index in [0.29, 0.717) is 11.3 Å². The zero-order chi connectivity index (χ0) is 22.2. The second-order valence-electron chi connectivity index (χ2n) is 5.96. The molecule has 0 fully saturated rings. The monoisotopic (exact) mass is 428 g/mol. The molecule has 1 N–H and O–H groups in total. The number of imidazole rings is 1. The Morgan fingerprint density at radius 2 is 1.72 bits per heavy atom. The SMILES string of the molecule is CC.CC.CC(C)c1cnc2c(NCc3ccccc3C(F)(F)F)cc(Cl)nn12. The topological polar surface area (TPSA) is 42.2 Å². The number of anilines is 1. The van der Waals surface area contributed by atoms with Gasteiger partial charge in [-0.2, -0.15) is 18.3 Å². The van der Waals surface area contributed by atoms with E-state index in [1.807, 2.05) is 41.5 Å². The number of halogens is 4. The molecule has 0 amide bonds. The summed E-state index contributed by atoms with van der Waals surface area (Å²) in [7, 11) is 0. The van der Waals surface area contributed by atoms with E-state index in [0.717, 1.165) is 11.8 Å². The van der Waals surface area contributed by atoms with Crippen molar-refractivity contribution in [2.45, 2.75) is 60.2 Å². The molecule has 3 rings (SSSR count). The molecule has 0 aliphatic rings. The van der Waals surface area contributed by atoms with Crippen molar-refractivity contribution in [1.82, 2.24) is 14.6 Å². The fraction of sp³-hybridized carbons (Fsp3) is 0.429.